The molecule has 108 valence electrons. The number of non-ortho nitro benzene ring substituents is 1. The van der Waals surface area contributed by atoms with E-state index in [0.29, 0.717) is 6.61 Å². The molecule has 0 radical (unpaired) electrons. The number of benzene rings is 1. The Morgan fingerprint density at radius 2 is 1.80 bits per heavy atom. The van der Waals surface area contributed by atoms with E-state index in [9.17, 15) is 19.7 Å². The fourth-order valence-corrected chi connectivity index (χ4v) is 1.16. The lowest BCUT2D eigenvalue weighted by Gasteiger charge is -2.05. The molecular formula is C12H13NO7. The number of nitro benzene ring substituents is 1. The molecule has 8 nitrogen and oxygen atoms in total. The highest BCUT2D eigenvalue weighted by atomic mass is 16.6. The van der Waals surface area contributed by atoms with E-state index in [-0.39, 0.29) is 18.0 Å². The second-order valence-electron chi connectivity index (χ2n) is 3.52. The van der Waals surface area contributed by atoms with Gasteiger partial charge in [-0.2, -0.15) is 0 Å². The van der Waals surface area contributed by atoms with Gasteiger partial charge in [0.2, 0.25) is 0 Å². The first-order valence-electron chi connectivity index (χ1n) is 5.71. The molecule has 0 saturated heterocycles. The molecule has 0 bridgehead atoms. The fourth-order valence-electron chi connectivity index (χ4n) is 1.16. The standard InChI is InChI=1S/C12H13NO7/c1-2-18-7-11(14)19-8-12(15)20-10-5-3-9(4-6-10)13(16)17/h3-6H,2,7-8H2,1H3. The number of ether oxygens (including phenoxy) is 3. The third-order valence-electron chi connectivity index (χ3n) is 2.05. The predicted octanol–water partition coefficient (Wildman–Crippen LogP) is 1.08. The van der Waals surface area contributed by atoms with Gasteiger partial charge in [-0.15, -0.1) is 0 Å². The highest BCUT2D eigenvalue weighted by Crippen LogP contribution is 2.17. The van der Waals surface area contributed by atoms with E-state index in [1.165, 1.54) is 24.3 Å². The van der Waals surface area contributed by atoms with Crippen LogP contribution in [-0.2, 0) is 19.1 Å². The number of nitro groups is 1. The van der Waals surface area contributed by atoms with Gasteiger partial charge in [0.25, 0.3) is 5.69 Å². The summed E-state index contributed by atoms with van der Waals surface area (Å²) in [4.78, 5) is 32.2. The molecule has 1 aromatic rings. The van der Waals surface area contributed by atoms with Gasteiger partial charge in [-0.3, -0.25) is 10.1 Å². The lowest BCUT2D eigenvalue weighted by molar-refractivity contribution is -0.384. The first-order valence-corrected chi connectivity index (χ1v) is 5.71. The van der Waals surface area contributed by atoms with Gasteiger partial charge in [-0.25, -0.2) is 9.59 Å². The zero-order valence-electron chi connectivity index (χ0n) is 10.7. The van der Waals surface area contributed by atoms with Crippen molar-refractivity contribution in [3.8, 4) is 5.75 Å². The van der Waals surface area contributed by atoms with E-state index in [1.54, 1.807) is 6.92 Å². The zero-order chi connectivity index (χ0) is 15.0. The van der Waals surface area contributed by atoms with E-state index >= 15 is 0 Å². The zero-order valence-corrected chi connectivity index (χ0v) is 10.7. The van der Waals surface area contributed by atoms with Gasteiger partial charge in [0.1, 0.15) is 12.4 Å². The minimum Gasteiger partial charge on any atom is -0.452 e. The van der Waals surface area contributed by atoms with Gasteiger partial charge in [0.05, 0.1) is 4.92 Å². The summed E-state index contributed by atoms with van der Waals surface area (Å²) in [7, 11) is 0. The van der Waals surface area contributed by atoms with Crippen molar-refractivity contribution in [2.24, 2.45) is 0 Å². The minimum absolute atomic E-state index is 0.118. The largest absolute Gasteiger partial charge is 0.452 e. The van der Waals surface area contributed by atoms with E-state index in [0.717, 1.165) is 0 Å². The van der Waals surface area contributed by atoms with Gasteiger partial charge in [-0.1, -0.05) is 0 Å². The van der Waals surface area contributed by atoms with Gasteiger partial charge in [-0.05, 0) is 19.1 Å². The Morgan fingerprint density at radius 3 is 2.35 bits per heavy atom. The Bertz CT molecular complexity index is 483. The molecule has 0 aliphatic heterocycles. The Hall–Kier alpha value is -2.48. The van der Waals surface area contributed by atoms with Crippen molar-refractivity contribution in [3.05, 3.63) is 34.4 Å². The van der Waals surface area contributed by atoms with E-state index < -0.39 is 23.5 Å². The van der Waals surface area contributed by atoms with Crippen molar-refractivity contribution < 1.29 is 28.7 Å². The molecule has 0 fully saturated rings. The van der Waals surface area contributed by atoms with Crippen LogP contribution in [0.25, 0.3) is 0 Å². The van der Waals surface area contributed by atoms with Crippen LogP contribution in [0.2, 0.25) is 0 Å². The molecule has 8 heteroatoms. The molecule has 20 heavy (non-hydrogen) atoms. The molecule has 0 aliphatic rings. The Morgan fingerprint density at radius 1 is 1.15 bits per heavy atom. The monoisotopic (exact) mass is 283 g/mol. The van der Waals surface area contributed by atoms with Crippen LogP contribution in [0.1, 0.15) is 6.92 Å². The number of nitrogens with zero attached hydrogens (tertiary/aromatic N) is 1. The molecule has 1 aromatic carbocycles. The number of hydrogen-bond donors (Lipinski definition) is 0. The normalized spacial score (nSPS) is 9.85. The van der Waals surface area contributed by atoms with Crippen LogP contribution in [-0.4, -0.2) is 36.7 Å². The van der Waals surface area contributed by atoms with E-state index in [4.69, 9.17) is 9.47 Å². The quantitative estimate of drug-likeness (QED) is 0.319. The highest BCUT2D eigenvalue weighted by Gasteiger charge is 2.11. The summed E-state index contributed by atoms with van der Waals surface area (Å²) in [5.74, 6) is -1.34. The topological polar surface area (TPSA) is 105 Å². The van der Waals surface area contributed by atoms with E-state index in [1.807, 2.05) is 0 Å². The van der Waals surface area contributed by atoms with Crippen LogP contribution in [0.15, 0.2) is 24.3 Å². The fraction of sp³-hybridized carbons (Fsp3) is 0.333. The molecule has 0 aliphatic carbocycles. The van der Waals surface area contributed by atoms with Crippen molar-refractivity contribution in [1.82, 2.24) is 0 Å². The average molecular weight is 283 g/mol. The number of esters is 2. The predicted molar refractivity (Wildman–Crippen MR) is 66.2 cm³/mol. The Balaban J connectivity index is 2.38. The van der Waals surface area contributed by atoms with Crippen molar-refractivity contribution in [2.45, 2.75) is 6.92 Å². The van der Waals surface area contributed by atoms with Crippen LogP contribution in [0.3, 0.4) is 0 Å². The number of hydrogen-bond acceptors (Lipinski definition) is 7. The first kappa shape index (κ1) is 15.6. The maximum atomic E-state index is 11.3. The molecular weight excluding hydrogens is 270 g/mol. The van der Waals surface area contributed by atoms with Crippen LogP contribution < -0.4 is 4.74 Å². The van der Waals surface area contributed by atoms with Gasteiger partial charge >= 0.3 is 11.9 Å². The Kier molecular flexibility index (Phi) is 6.11. The maximum Gasteiger partial charge on any atom is 0.349 e. The number of carbonyl (C=O) groups is 2. The smallest absolute Gasteiger partial charge is 0.349 e. The summed E-state index contributed by atoms with van der Waals surface area (Å²) in [6, 6.07) is 4.95. The van der Waals surface area contributed by atoms with Crippen LogP contribution >= 0.6 is 0 Å². The van der Waals surface area contributed by atoms with Crippen molar-refractivity contribution in [3.63, 3.8) is 0 Å². The molecule has 0 aromatic heterocycles. The van der Waals surface area contributed by atoms with Crippen LogP contribution in [0, 0.1) is 10.1 Å². The summed E-state index contributed by atoms with van der Waals surface area (Å²) in [6.45, 7) is 1.29. The molecule has 0 amide bonds. The molecule has 0 spiro atoms. The molecule has 0 N–H and O–H groups in total. The molecule has 0 saturated carbocycles. The third kappa shape index (κ3) is 5.44. The van der Waals surface area contributed by atoms with Gasteiger partial charge in [0, 0.05) is 18.7 Å². The van der Waals surface area contributed by atoms with Crippen molar-refractivity contribution in [1.29, 1.82) is 0 Å². The lowest BCUT2D eigenvalue weighted by atomic mass is 10.3. The molecule has 0 atom stereocenters. The second-order valence-corrected chi connectivity index (χ2v) is 3.52. The number of rotatable bonds is 7. The summed E-state index contributed by atoms with van der Waals surface area (Å²) in [5.41, 5.74) is -0.118. The van der Waals surface area contributed by atoms with E-state index in [2.05, 4.69) is 4.74 Å². The van der Waals surface area contributed by atoms with Crippen LogP contribution in [0.5, 0.6) is 5.75 Å². The first-order chi connectivity index (χ1) is 9.52. The molecule has 1 rings (SSSR count). The molecule has 0 heterocycles. The van der Waals surface area contributed by atoms with Gasteiger partial charge in [0.15, 0.2) is 6.61 Å². The lowest BCUT2D eigenvalue weighted by Crippen LogP contribution is -2.21. The van der Waals surface area contributed by atoms with Crippen molar-refractivity contribution in [2.75, 3.05) is 19.8 Å². The summed E-state index contributed by atoms with van der Waals surface area (Å²) >= 11 is 0. The average Bonchev–Trinajstić information content (AvgIpc) is 2.43. The number of carbonyl (C=O) groups excluding carboxylic acids is 2. The SMILES string of the molecule is CCOCC(=O)OCC(=O)Oc1ccc([N+](=O)[O-])cc1. The van der Waals surface area contributed by atoms with Gasteiger partial charge < -0.3 is 14.2 Å². The summed E-state index contributed by atoms with van der Waals surface area (Å²) in [6.07, 6.45) is 0. The third-order valence-corrected chi connectivity index (χ3v) is 2.05. The second kappa shape index (κ2) is 7.85. The molecule has 0 unspecified atom stereocenters. The Labute approximate surface area is 114 Å². The summed E-state index contributed by atoms with van der Waals surface area (Å²) < 4.78 is 14.2. The van der Waals surface area contributed by atoms with Crippen LogP contribution in [0.4, 0.5) is 5.69 Å². The maximum absolute atomic E-state index is 11.3. The summed E-state index contributed by atoms with van der Waals surface area (Å²) in [5, 5.41) is 10.4. The highest BCUT2D eigenvalue weighted by molar-refractivity contribution is 5.78. The van der Waals surface area contributed by atoms with Crippen molar-refractivity contribution >= 4 is 17.6 Å². The minimum atomic E-state index is -0.788.